The molecular weight excluding hydrogens is 819 g/mol. The van der Waals surface area contributed by atoms with Crippen LogP contribution < -0.4 is 49.2 Å². The average molecular weight is 867 g/mol. The molecule has 3 aromatic carbocycles. The number of anilines is 2. The minimum absolute atomic E-state index is 0. The van der Waals surface area contributed by atoms with E-state index in [1.807, 2.05) is 24.3 Å². The molecule has 0 spiro atoms. The molecular formula is C43H48F3N9NaO4S-3. The topological polar surface area (TPSA) is 151 Å². The van der Waals surface area contributed by atoms with Crippen molar-refractivity contribution in [3.05, 3.63) is 105 Å². The Kier molecular flexibility index (Phi) is 18.7. The number of nitriles is 1. The number of aromatic nitrogens is 4. The summed E-state index contributed by atoms with van der Waals surface area (Å²) >= 11 is 1.32. The van der Waals surface area contributed by atoms with Crippen LogP contribution in [0.1, 0.15) is 68.9 Å². The second-order valence-electron chi connectivity index (χ2n) is 14.0. The number of amides is 3. The Bertz CT molecular complexity index is 2320. The summed E-state index contributed by atoms with van der Waals surface area (Å²) < 4.78 is 59.3. The maximum Gasteiger partial charge on any atom is 1.00 e. The smallest absolute Gasteiger partial charge is 0.459 e. The number of hydrogen-bond acceptors (Lipinski definition) is 11. The Morgan fingerprint density at radius 2 is 1.85 bits per heavy atom. The first kappa shape index (κ1) is 49.2. The molecule has 13 nitrogen and oxygen atoms in total. The van der Waals surface area contributed by atoms with Gasteiger partial charge in [0.1, 0.15) is 23.2 Å². The SMILES string of the molecule is CCN(C)SNc1ccc(F)c(Oc2ccc3nccnc3c2)c1C#N.[CH2-]CC1(C[CH2-])CCCO1.[CH2-]C[C@H](C[CH-]F)c1cc2c(cc1F)c(N1CCC(=O)NC1=O)nn2C.[Na+]. The number of fused-ring (bicyclic) bond motifs is 2. The summed E-state index contributed by atoms with van der Waals surface area (Å²) in [6, 6.07) is 12.2. The number of carbonyl (C=O) groups excluding carboxylic acids is 2. The molecule has 0 radical (unpaired) electrons. The largest absolute Gasteiger partial charge is 1.00 e. The first-order chi connectivity index (χ1) is 28.9. The number of ether oxygens (including phenoxy) is 2. The van der Waals surface area contributed by atoms with Gasteiger partial charge in [-0.1, -0.05) is 12.8 Å². The van der Waals surface area contributed by atoms with Gasteiger partial charge >= 0.3 is 35.6 Å². The minimum atomic E-state index is -0.611. The van der Waals surface area contributed by atoms with E-state index in [0.717, 1.165) is 32.4 Å². The molecule has 2 saturated heterocycles. The standard InChI is InChI=1S/C18H16FN5OS.C17H18F2N4O2.C8H14O.Na/c1-3-24(2)26-23-15-7-5-14(19)18(13(15)11-20)25-12-4-6-16-17(10-12)22-9-8-21-16;1-3-10(4-6-18)11-9-14-12(8-13(11)19)16(21-22(14)2)23-7-5-15(24)20-17(23)25;1-3-8(4-2)6-5-7-9-8;/h4-10,23H,3H2,1-2H3;6,8-10H,1,3-5,7H2,2H3,(H,20,24,25);1-7H2;/q;2*-2;+1/t;10-;;/m.1../s1. The third kappa shape index (κ3) is 12.1. The van der Waals surface area contributed by atoms with Gasteiger partial charge in [0.05, 0.1) is 22.2 Å². The van der Waals surface area contributed by atoms with Gasteiger partial charge in [-0.05, 0) is 61.9 Å². The van der Waals surface area contributed by atoms with Crippen LogP contribution in [0.3, 0.4) is 0 Å². The molecule has 3 amide bonds. The number of rotatable bonds is 13. The van der Waals surface area contributed by atoms with E-state index in [9.17, 15) is 28.0 Å². The number of nitrogens with zero attached hydrogens (tertiary/aromatic N) is 7. The predicted molar refractivity (Wildman–Crippen MR) is 227 cm³/mol. The molecule has 2 fully saturated rings. The van der Waals surface area contributed by atoms with E-state index in [1.165, 1.54) is 46.3 Å². The normalized spacial score (nSPS) is 14.9. The van der Waals surface area contributed by atoms with E-state index in [4.69, 9.17) is 9.47 Å². The molecule has 4 heterocycles. The fourth-order valence-corrected chi connectivity index (χ4v) is 7.06. The molecule has 0 saturated carbocycles. The fourth-order valence-electron chi connectivity index (χ4n) is 6.50. The van der Waals surface area contributed by atoms with Gasteiger partial charge < -0.3 is 39.4 Å². The summed E-state index contributed by atoms with van der Waals surface area (Å²) in [5, 5.41) is 16.5. The third-order valence-corrected chi connectivity index (χ3v) is 11.0. The zero-order valence-corrected chi connectivity index (χ0v) is 37.7. The summed E-state index contributed by atoms with van der Waals surface area (Å²) in [5.74, 6) is -1.29. The summed E-state index contributed by atoms with van der Waals surface area (Å²) in [5.41, 5.74) is 2.95. The zero-order valence-electron chi connectivity index (χ0n) is 34.8. The van der Waals surface area contributed by atoms with E-state index in [0.29, 0.717) is 52.0 Å². The summed E-state index contributed by atoms with van der Waals surface area (Å²) in [4.78, 5) is 33.1. The van der Waals surface area contributed by atoms with E-state index in [2.05, 4.69) is 45.9 Å². The average Bonchev–Trinajstić information content (AvgIpc) is 3.87. The summed E-state index contributed by atoms with van der Waals surface area (Å²) in [6.07, 6.45) is 7.83. The number of carbonyl (C=O) groups is 2. The van der Waals surface area contributed by atoms with Crippen molar-refractivity contribution in [2.24, 2.45) is 7.05 Å². The number of urea groups is 1. The van der Waals surface area contributed by atoms with Crippen molar-refractivity contribution in [1.82, 2.24) is 29.4 Å². The predicted octanol–water partition coefficient (Wildman–Crippen LogP) is 6.34. The number of nitrogens with one attached hydrogen (secondary N) is 2. The molecule has 1 atom stereocenters. The van der Waals surface area contributed by atoms with Crippen LogP contribution >= 0.6 is 12.1 Å². The molecule has 5 aromatic rings. The van der Waals surface area contributed by atoms with E-state index >= 15 is 0 Å². The quantitative estimate of drug-likeness (QED) is 0.0776. The molecule has 18 heteroatoms. The number of hydrogen-bond donors (Lipinski definition) is 2. The van der Waals surface area contributed by atoms with Crippen LogP contribution in [0.25, 0.3) is 21.9 Å². The van der Waals surface area contributed by atoms with Crippen molar-refractivity contribution in [1.29, 1.82) is 5.26 Å². The Morgan fingerprint density at radius 1 is 1.11 bits per heavy atom. The van der Waals surface area contributed by atoms with Crippen molar-refractivity contribution in [3.8, 4) is 17.6 Å². The van der Waals surface area contributed by atoms with Gasteiger partial charge in [-0.25, -0.2) is 17.9 Å². The maximum absolute atomic E-state index is 14.6. The van der Waals surface area contributed by atoms with Gasteiger partial charge in [-0.3, -0.25) is 29.7 Å². The van der Waals surface area contributed by atoms with Crippen LogP contribution in [0, 0.1) is 50.4 Å². The van der Waals surface area contributed by atoms with Gasteiger partial charge in [-0.15, -0.1) is 6.42 Å². The Labute approximate surface area is 381 Å². The van der Waals surface area contributed by atoms with Crippen LogP contribution in [0.15, 0.2) is 54.9 Å². The fraction of sp³-hybridized carbons (Fsp3) is 0.349. The molecule has 2 N–H and O–H groups in total. The molecule has 0 unspecified atom stereocenters. The van der Waals surface area contributed by atoms with Crippen molar-refractivity contribution in [2.75, 3.05) is 36.4 Å². The number of aryl methyl sites for hydroxylation is 1. The second-order valence-corrected chi connectivity index (χ2v) is 15.0. The van der Waals surface area contributed by atoms with Crippen molar-refractivity contribution >= 4 is 57.5 Å². The van der Waals surface area contributed by atoms with E-state index in [-0.39, 0.29) is 83.5 Å². The van der Waals surface area contributed by atoms with Gasteiger partial charge in [0.15, 0.2) is 17.4 Å². The summed E-state index contributed by atoms with van der Waals surface area (Å²) in [7, 11) is 3.59. The van der Waals surface area contributed by atoms with Crippen LogP contribution in [0.2, 0.25) is 0 Å². The molecule has 320 valence electrons. The van der Waals surface area contributed by atoms with Gasteiger partial charge in [-0.2, -0.15) is 36.3 Å². The second kappa shape index (κ2) is 23.1. The monoisotopic (exact) mass is 866 g/mol. The van der Waals surface area contributed by atoms with Crippen molar-refractivity contribution in [2.45, 2.75) is 63.4 Å². The van der Waals surface area contributed by atoms with Crippen LogP contribution in [0.5, 0.6) is 11.5 Å². The Morgan fingerprint density at radius 3 is 2.46 bits per heavy atom. The Hall–Kier alpha value is -4.44. The molecule has 2 aliphatic rings. The molecule has 0 bridgehead atoms. The minimum Gasteiger partial charge on any atom is -0.459 e. The van der Waals surface area contributed by atoms with E-state index in [1.54, 1.807) is 43.7 Å². The van der Waals surface area contributed by atoms with Crippen LogP contribution in [-0.2, 0) is 16.6 Å². The molecule has 2 aromatic heterocycles. The first-order valence-electron chi connectivity index (χ1n) is 19.4. The summed E-state index contributed by atoms with van der Waals surface area (Å²) in [6.45, 7) is 15.8. The van der Waals surface area contributed by atoms with Gasteiger partial charge in [0, 0.05) is 74.7 Å². The number of imide groups is 1. The molecule has 61 heavy (non-hydrogen) atoms. The van der Waals surface area contributed by atoms with Crippen molar-refractivity contribution in [3.63, 3.8) is 0 Å². The van der Waals surface area contributed by atoms with Gasteiger partial charge in [0.25, 0.3) is 0 Å². The van der Waals surface area contributed by atoms with E-state index < -0.39 is 17.7 Å². The van der Waals surface area contributed by atoms with Crippen LogP contribution in [-0.4, -0.2) is 68.3 Å². The number of halogens is 3. The molecule has 0 aliphatic carbocycles. The van der Waals surface area contributed by atoms with Gasteiger partial charge in [0.2, 0.25) is 5.91 Å². The molecule has 2 aliphatic heterocycles. The van der Waals surface area contributed by atoms with Crippen molar-refractivity contribution < 1.29 is 61.8 Å². The van der Waals surface area contributed by atoms with Crippen LogP contribution in [0.4, 0.5) is 29.5 Å². The first-order valence-corrected chi connectivity index (χ1v) is 20.1. The zero-order chi connectivity index (χ0) is 43.4. The Balaban J connectivity index is 0.000000221. The third-order valence-electron chi connectivity index (χ3n) is 10.2. The maximum atomic E-state index is 14.6. The number of benzene rings is 3. The molecule has 7 rings (SSSR count).